The number of carbonyl (C=O) groups excluding carboxylic acids is 2. The second-order valence-corrected chi connectivity index (χ2v) is 13.5. The number of anilines is 1. The summed E-state index contributed by atoms with van der Waals surface area (Å²) in [5.74, 6) is -0.863. The van der Waals surface area contributed by atoms with Gasteiger partial charge >= 0.3 is 0 Å². The molecule has 0 unspecified atom stereocenters. The minimum atomic E-state index is -4.25. The summed E-state index contributed by atoms with van der Waals surface area (Å²) in [5, 5.41) is 3.43. The Kier molecular flexibility index (Phi) is 12.0. The van der Waals surface area contributed by atoms with Crippen molar-refractivity contribution in [1.82, 2.24) is 10.2 Å². The smallest absolute Gasteiger partial charge is 0.264 e. The first kappa shape index (κ1) is 34.0. The molecule has 0 aliphatic rings. The third kappa shape index (κ3) is 9.10. The van der Waals surface area contributed by atoms with E-state index in [1.54, 1.807) is 18.2 Å². The summed E-state index contributed by atoms with van der Waals surface area (Å²) in [7, 11) is -4.25. The Labute approximate surface area is 275 Å². The number of amides is 2. The third-order valence-electron chi connectivity index (χ3n) is 7.45. The van der Waals surface area contributed by atoms with Crippen LogP contribution in [0.1, 0.15) is 36.5 Å². The minimum absolute atomic E-state index is 0.00232. The van der Waals surface area contributed by atoms with E-state index in [0.717, 1.165) is 33.8 Å². The number of benzene rings is 4. The minimum Gasteiger partial charge on any atom is -0.354 e. The van der Waals surface area contributed by atoms with Crippen molar-refractivity contribution >= 4 is 50.7 Å². The predicted octanol–water partition coefficient (Wildman–Crippen LogP) is 7.05. The standard InChI is InChI=1S/C35H37Cl2N3O4S/c1-3-4-19-38-35(42)33(20-27-14-7-5-8-15-27)39(24-28-16-12-11-13-26(28)2)34(41)25-40(31-22-29(36)21-30(37)23-31)45(43,44)32-17-9-6-10-18-32/h5-18,21-23,33H,3-4,19-20,24-25H2,1-2H3,(H,38,42)/t33-/m1/s1. The summed E-state index contributed by atoms with van der Waals surface area (Å²) >= 11 is 12.6. The van der Waals surface area contributed by atoms with Crippen molar-refractivity contribution in [1.29, 1.82) is 0 Å². The highest BCUT2D eigenvalue weighted by Crippen LogP contribution is 2.30. The Bertz CT molecular complexity index is 1680. The fourth-order valence-corrected chi connectivity index (χ4v) is 6.90. The molecule has 0 aromatic heterocycles. The highest BCUT2D eigenvalue weighted by Gasteiger charge is 2.35. The van der Waals surface area contributed by atoms with Gasteiger partial charge in [0.1, 0.15) is 12.6 Å². The van der Waals surface area contributed by atoms with Gasteiger partial charge in [0.15, 0.2) is 0 Å². The van der Waals surface area contributed by atoms with Crippen LogP contribution in [-0.2, 0) is 32.6 Å². The van der Waals surface area contributed by atoms with E-state index in [1.165, 1.54) is 35.2 Å². The van der Waals surface area contributed by atoms with Crippen LogP contribution in [0.4, 0.5) is 5.69 Å². The Morgan fingerprint density at radius 1 is 0.844 bits per heavy atom. The fourth-order valence-electron chi connectivity index (χ4n) is 4.96. The molecule has 7 nitrogen and oxygen atoms in total. The van der Waals surface area contributed by atoms with Gasteiger partial charge in [0.25, 0.3) is 10.0 Å². The van der Waals surface area contributed by atoms with Crippen molar-refractivity contribution in [2.75, 3.05) is 17.4 Å². The molecule has 0 radical (unpaired) electrons. The Hall–Kier alpha value is -3.85. The largest absolute Gasteiger partial charge is 0.354 e. The normalized spacial score (nSPS) is 11.9. The van der Waals surface area contributed by atoms with Gasteiger partial charge in [-0.3, -0.25) is 13.9 Å². The predicted molar refractivity (Wildman–Crippen MR) is 181 cm³/mol. The molecule has 1 N–H and O–H groups in total. The van der Waals surface area contributed by atoms with Crippen LogP contribution in [0.15, 0.2) is 108 Å². The molecule has 0 fully saturated rings. The number of halogens is 2. The molecule has 236 valence electrons. The average molecular weight is 667 g/mol. The SMILES string of the molecule is CCCCNC(=O)[C@@H](Cc1ccccc1)N(Cc1ccccc1C)C(=O)CN(c1cc(Cl)cc(Cl)c1)S(=O)(=O)c1ccccc1. The van der Waals surface area contributed by atoms with Crippen LogP contribution in [0.5, 0.6) is 0 Å². The molecule has 2 amide bonds. The van der Waals surface area contributed by atoms with Crippen molar-refractivity contribution in [3.63, 3.8) is 0 Å². The lowest BCUT2D eigenvalue weighted by atomic mass is 10.0. The number of carbonyl (C=O) groups is 2. The quantitative estimate of drug-likeness (QED) is 0.146. The van der Waals surface area contributed by atoms with Crippen LogP contribution in [0.25, 0.3) is 0 Å². The lowest BCUT2D eigenvalue weighted by molar-refractivity contribution is -0.140. The van der Waals surface area contributed by atoms with Gasteiger partial charge in [0.05, 0.1) is 10.6 Å². The van der Waals surface area contributed by atoms with E-state index < -0.39 is 28.5 Å². The van der Waals surface area contributed by atoms with Gasteiger partial charge in [-0.15, -0.1) is 0 Å². The molecule has 0 aliphatic carbocycles. The van der Waals surface area contributed by atoms with Gasteiger partial charge in [0, 0.05) is 29.6 Å². The first-order valence-electron chi connectivity index (χ1n) is 14.8. The van der Waals surface area contributed by atoms with Crippen molar-refractivity contribution < 1.29 is 18.0 Å². The maximum absolute atomic E-state index is 14.5. The molecule has 45 heavy (non-hydrogen) atoms. The second-order valence-electron chi connectivity index (χ2n) is 10.8. The lowest BCUT2D eigenvalue weighted by Crippen LogP contribution is -2.53. The van der Waals surface area contributed by atoms with Gasteiger partial charge in [0.2, 0.25) is 11.8 Å². The zero-order valence-electron chi connectivity index (χ0n) is 25.3. The highest BCUT2D eigenvalue weighted by atomic mass is 35.5. The molecule has 4 aromatic rings. The number of hydrogen-bond donors (Lipinski definition) is 1. The van der Waals surface area contributed by atoms with Gasteiger partial charge in [-0.05, 0) is 60.4 Å². The molecular weight excluding hydrogens is 629 g/mol. The number of unbranched alkanes of at least 4 members (excludes halogenated alkanes) is 1. The summed E-state index contributed by atoms with van der Waals surface area (Å²) in [5.41, 5.74) is 2.78. The maximum Gasteiger partial charge on any atom is 0.264 e. The summed E-state index contributed by atoms with van der Waals surface area (Å²) in [6, 6.07) is 28.4. The molecule has 0 heterocycles. The zero-order valence-corrected chi connectivity index (χ0v) is 27.7. The van der Waals surface area contributed by atoms with E-state index in [4.69, 9.17) is 23.2 Å². The van der Waals surface area contributed by atoms with E-state index in [-0.39, 0.29) is 39.5 Å². The average Bonchev–Trinajstić information content (AvgIpc) is 3.02. The van der Waals surface area contributed by atoms with Crippen LogP contribution in [-0.4, -0.2) is 44.3 Å². The number of aryl methyl sites for hydroxylation is 1. The van der Waals surface area contributed by atoms with Crippen molar-refractivity contribution in [2.24, 2.45) is 0 Å². The summed E-state index contributed by atoms with van der Waals surface area (Å²) < 4.78 is 29.2. The van der Waals surface area contributed by atoms with Crippen LogP contribution in [0.3, 0.4) is 0 Å². The zero-order chi connectivity index (χ0) is 32.4. The first-order chi connectivity index (χ1) is 21.6. The topological polar surface area (TPSA) is 86.8 Å². The van der Waals surface area contributed by atoms with Crippen molar-refractivity contribution in [3.8, 4) is 0 Å². The molecule has 1 atom stereocenters. The number of sulfonamides is 1. The molecule has 0 saturated heterocycles. The highest BCUT2D eigenvalue weighted by molar-refractivity contribution is 7.92. The molecule has 0 aliphatic heterocycles. The maximum atomic E-state index is 14.5. The number of nitrogens with zero attached hydrogens (tertiary/aromatic N) is 2. The van der Waals surface area contributed by atoms with Crippen LogP contribution >= 0.6 is 23.2 Å². The molecule has 10 heteroatoms. The molecule has 0 spiro atoms. The summed E-state index contributed by atoms with van der Waals surface area (Å²) in [6.45, 7) is 3.94. The Balaban J connectivity index is 1.81. The molecule has 4 aromatic carbocycles. The van der Waals surface area contributed by atoms with Gasteiger partial charge in [-0.1, -0.05) is 109 Å². The van der Waals surface area contributed by atoms with E-state index in [2.05, 4.69) is 5.32 Å². The number of nitrogens with one attached hydrogen (secondary N) is 1. The fraction of sp³-hybridized carbons (Fsp3) is 0.257. The van der Waals surface area contributed by atoms with Crippen molar-refractivity contribution in [3.05, 3.63) is 130 Å². The van der Waals surface area contributed by atoms with Gasteiger partial charge in [-0.2, -0.15) is 0 Å². The van der Waals surface area contributed by atoms with Crippen LogP contribution < -0.4 is 9.62 Å². The summed E-state index contributed by atoms with van der Waals surface area (Å²) in [4.78, 5) is 29.8. The Morgan fingerprint density at radius 3 is 2.07 bits per heavy atom. The molecule has 0 saturated carbocycles. The van der Waals surface area contributed by atoms with Gasteiger partial charge < -0.3 is 10.2 Å². The van der Waals surface area contributed by atoms with Crippen molar-refractivity contribution in [2.45, 2.75) is 50.6 Å². The molecule has 0 bridgehead atoms. The van der Waals surface area contributed by atoms with E-state index >= 15 is 0 Å². The van der Waals surface area contributed by atoms with E-state index in [0.29, 0.717) is 6.54 Å². The molecular formula is C35H37Cl2N3O4S. The summed E-state index contributed by atoms with van der Waals surface area (Å²) in [6.07, 6.45) is 1.92. The van der Waals surface area contributed by atoms with Gasteiger partial charge in [-0.25, -0.2) is 8.42 Å². The number of rotatable bonds is 14. The van der Waals surface area contributed by atoms with Crippen LogP contribution in [0.2, 0.25) is 10.0 Å². The molecule has 4 rings (SSSR count). The lowest BCUT2D eigenvalue weighted by Gasteiger charge is -2.34. The third-order valence-corrected chi connectivity index (χ3v) is 9.67. The number of hydrogen-bond acceptors (Lipinski definition) is 4. The van der Waals surface area contributed by atoms with E-state index in [9.17, 15) is 18.0 Å². The first-order valence-corrected chi connectivity index (χ1v) is 17.0. The second kappa shape index (κ2) is 15.9. The Morgan fingerprint density at radius 2 is 1.44 bits per heavy atom. The van der Waals surface area contributed by atoms with Crippen LogP contribution in [0, 0.1) is 6.92 Å². The monoisotopic (exact) mass is 665 g/mol. The van der Waals surface area contributed by atoms with E-state index in [1.807, 2.05) is 68.4 Å².